The molecule has 108 valence electrons. The van der Waals surface area contributed by atoms with E-state index in [4.69, 9.17) is 9.52 Å². The van der Waals surface area contributed by atoms with E-state index in [1.165, 1.54) is 6.42 Å². The Bertz CT molecular complexity index is 620. The lowest BCUT2D eigenvalue weighted by atomic mass is 10.2. The van der Waals surface area contributed by atoms with Crippen LogP contribution in [0.3, 0.4) is 0 Å². The first-order chi connectivity index (χ1) is 9.76. The summed E-state index contributed by atoms with van der Waals surface area (Å²) in [4.78, 5) is 5.42. The van der Waals surface area contributed by atoms with Crippen molar-refractivity contribution in [2.75, 3.05) is 6.54 Å². The van der Waals surface area contributed by atoms with Crippen molar-refractivity contribution in [3.05, 3.63) is 28.6 Å². The highest BCUT2D eigenvalue weighted by molar-refractivity contribution is 7.07. The largest absolute Gasteiger partial charge is 0.463 e. The van der Waals surface area contributed by atoms with Gasteiger partial charge in [-0.05, 0) is 38.8 Å². The quantitative estimate of drug-likeness (QED) is 0.737. The highest BCUT2D eigenvalue weighted by Gasteiger charge is 2.10. The maximum atomic E-state index is 5.49. The molecule has 0 aliphatic heterocycles. The normalized spacial score (nSPS) is 13.2. The number of furan rings is 1. The summed E-state index contributed by atoms with van der Waals surface area (Å²) < 4.78 is 7.39. The van der Waals surface area contributed by atoms with E-state index in [1.807, 2.05) is 29.1 Å². The van der Waals surface area contributed by atoms with Crippen LogP contribution in [-0.4, -0.2) is 16.9 Å². The van der Waals surface area contributed by atoms with Crippen LogP contribution in [0.4, 0.5) is 0 Å². The highest BCUT2D eigenvalue weighted by Crippen LogP contribution is 2.20. The van der Waals surface area contributed by atoms with E-state index < -0.39 is 0 Å². The first-order valence-electron chi connectivity index (χ1n) is 7.05. The van der Waals surface area contributed by atoms with Crippen LogP contribution in [0.15, 0.2) is 38.3 Å². The first-order valence-corrected chi connectivity index (χ1v) is 7.93. The summed E-state index contributed by atoms with van der Waals surface area (Å²) in [6.45, 7) is 7.05. The third-order valence-electron chi connectivity index (χ3n) is 2.92. The maximum Gasteiger partial charge on any atom is 0.206 e. The molecule has 0 aliphatic rings. The Labute approximate surface area is 123 Å². The van der Waals surface area contributed by atoms with Crippen LogP contribution in [0.5, 0.6) is 0 Å². The van der Waals surface area contributed by atoms with Gasteiger partial charge in [-0.25, -0.2) is 4.68 Å². The molecule has 0 amide bonds. The van der Waals surface area contributed by atoms with E-state index in [0.717, 1.165) is 41.4 Å². The summed E-state index contributed by atoms with van der Waals surface area (Å²) in [7, 11) is 0. The van der Waals surface area contributed by atoms with E-state index in [-0.39, 0.29) is 0 Å². The monoisotopic (exact) mass is 291 g/mol. The SMILES string of the molecule is CCCCC(C)=Nn1c(-c2ccco2)csc1=NCC. The highest BCUT2D eigenvalue weighted by atomic mass is 32.1. The Balaban J connectivity index is 2.43. The zero-order chi connectivity index (χ0) is 14.4. The summed E-state index contributed by atoms with van der Waals surface area (Å²) in [6.07, 6.45) is 5.04. The number of thiazole rings is 1. The predicted octanol–water partition coefficient (Wildman–Crippen LogP) is 4.14. The number of nitrogens with zero attached hydrogens (tertiary/aromatic N) is 3. The van der Waals surface area contributed by atoms with Crippen molar-refractivity contribution in [1.82, 2.24) is 4.68 Å². The van der Waals surface area contributed by atoms with Crippen LogP contribution < -0.4 is 4.80 Å². The molecule has 4 nitrogen and oxygen atoms in total. The van der Waals surface area contributed by atoms with E-state index in [2.05, 4.69) is 18.8 Å². The fourth-order valence-electron chi connectivity index (χ4n) is 1.89. The molecular weight excluding hydrogens is 270 g/mol. The summed E-state index contributed by atoms with van der Waals surface area (Å²) in [5, 5.41) is 6.77. The number of aromatic nitrogens is 1. The van der Waals surface area contributed by atoms with E-state index in [0.29, 0.717) is 0 Å². The lowest BCUT2D eigenvalue weighted by Crippen LogP contribution is -2.14. The molecule has 2 aromatic rings. The lowest BCUT2D eigenvalue weighted by Gasteiger charge is -2.03. The fraction of sp³-hybridized carbons (Fsp3) is 0.467. The van der Waals surface area contributed by atoms with Crippen molar-refractivity contribution in [2.45, 2.75) is 40.0 Å². The van der Waals surface area contributed by atoms with Gasteiger partial charge in [-0.15, -0.1) is 11.3 Å². The second kappa shape index (κ2) is 7.24. The Morgan fingerprint density at radius 3 is 2.90 bits per heavy atom. The topological polar surface area (TPSA) is 42.8 Å². The summed E-state index contributed by atoms with van der Waals surface area (Å²) in [5.41, 5.74) is 2.08. The number of unbranched alkanes of at least 4 members (excludes halogenated alkanes) is 1. The van der Waals surface area contributed by atoms with Crippen molar-refractivity contribution >= 4 is 17.0 Å². The fourth-order valence-corrected chi connectivity index (χ4v) is 2.76. The van der Waals surface area contributed by atoms with Crippen LogP contribution >= 0.6 is 11.3 Å². The molecule has 0 spiro atoms. The smallest absolute Gasteiger partial charge is 0.206 e. The summed E-state index contributed by atoms with van der Waals surface area (Å²) >= 11 is 1.59. The third kappa shape index (κ3) is 3.48. The second-order valence-electron chi connectivity index (χ2n) is 4.61. The molecule has 0 N–H and O–H groups in total. The van der Waals surface area contributed by atoms with Gasteiger partial charge in [-0.3, -0.25) is 4.99 Å². The van der Waals surface area contributed by atoms with Gasteiger partial charge in [0.25, 0.3) is 0 Å². The Morgan fingerprint density at radius 2 is 2.25 bits per heavy atom. The van der Waals surface area contributed by atoms with Gasteiger partial charge in [0.2, 0.25) is 4.80 Å². The number of hydrogen-bond donors (Lipinski definition) is 0. The predicted molar refractivity (Wildman–Crippen MR) is 84.1 cm³/mol. The van der Waals surface area contributed by atoms with Gasteiger partial charge in [-0.2, -0.15) is 5.10 Å². The Morgan fingerprint density at radius 1 is 1.40 bits per heavy atom. The zero-order valence-corrected chi connectivity index (χ0v) is 13.1. The van der Waals surface area contributed by atoms with Crippen molar-refractivity contribution in [3.8, 4) is 11.5 Å². The molecule has 0 bridgehead atoms. The molecule has 0 atom stereocenters. The van der Waals surface area contributed by atoms with Crippen LogP contribution in [-0.2, 0) is 0 Å². The molecule has 0 aromatic carbocycles. The van der Waals surface area contributed by atoms with E-state index >= 15 is 0 Å². The molecule has 0 aliphatic carbocycles. The van der Waals surface area contributed by atoms with Crippen molar-refractivity contribution < 1.29 is 4.42 Å². The molecule has 2 rings (SSSR count). The molecule has 20 heavy (non-hydrogen) atoms. The molecule has 0 saturated heterocycles. The van der Waals surface area contributed by atoms with Gasteiger partial charge >= 0.3 is 0 Å². The summed E-state index contributed by atoms with van der Waals surface area (Å²) in [5.74, 6) is 0.825. The molecular formula is C15H21N3OS. The van der Waals surface area contributed by atoms with Crippen LogP contribution in [0.1, 0.15) is 40.0 Å². The van der Waals surface area contributed by atoms with Crippen LogP contribution in [0.2, 0.25) is 0 Å². The maximum absolute atomic E-state index is 5.49. The van der Waals surface area contributed by atoms with Gasteiger partial charge in [0, 0.05) is 17.6 Å². The van der Waals surface area contributed by atoms with Gasteiger partial charge in [0.15, 0.2) is 5.76 Å². The minimum atomic E-state index is 0.752. The molecule has 0 radical (unpaired) electrons. The van der Waals surface area contributed by atoms with Gasteiger partial charge in [0.1, 0.15) is 5.69 Å². The molecule has 0 unspecified atom stereocenters. The Hall–Kier alpha value is -1.62. The Kier molecular flexibility index (Phi) is 5.35. The van der Waals surface area contributed by atoms with Gasteiger partial charge in [-0.1, -0.05) is 13.3 Å². The molecule has 2 aromatic heterocycles. The summed E-state index contributed by atoms with van der Waals surface area (Å²) in [6, 6.07) is 3.84. The molecule has 5 heteroatoms. The molecule has 0 saturated carbocycles. The first kappa shape index (κ1) is 14.8. The van der Waals surface area contributed by atoms with Crippen LogP contribution in [0, 0.1) is 0 Å². The number of rotatable bonds is 6. The average molecular weight is 291 g/mol. The molecule has 2 heterocycles. The van der Waals surface area contributed by atoms with Crippen molar-refractivity contribution in [2.24, 2.45) is 10.1 Å². The van der Waals surface area contributed by atoms with E-state index in [9.17, 15) is 0 Å². The molecule has 0 fully saturated rings. The zero-order valence-electron chi connectivity index (χ0n) is 12.3. The minimum absolute atomic E-state index is 0.752. The number of hydrogen-bond acceptors (Lipinski definition) is 4. The van der Waals surface area contributed by atoms with Crippen molar-refractivity contribution in [3.63, 3.8) is 0 Å². The van der Waals surface area contributed by atoms with Crippen LogP contribution in [0.25, 0.3) is 11.5 Å². The minimum Gasteiger partial charge on any atom is -0.463 e. The average Bonchev–Trinajstić information content (AvgIpc) is 3.07. The third-order valence-corrected chi connectivity index (χ3v) is 3.77. The second-order valence-corrected chi connectivity index (χ2v) is 5.44. The lowest BCUT2D eigenvalue weighted by molar-refractivity contribution is 0.575. The van der Waals surface area contributed by atoms with E-state index in [1.54, 1.807) is 17.6 Å². The van der Waals surface area contributed by atoms with Gasteiger partial charge < -0.3 is 4.42 Å². The van der Waals surface area contributed by atoms with Gasteiger partial charge in [0.05, 0.1) is 6.26 Å². The standard InChI is InChI=1S/C15H21N3OS/c1-4-6-8-12(3)17-18-13(14-9-7-10-19-14)11-20-15(18)16-5-2/h7,9-11H,4-6,8H2,1-3H3. The van der Waals surface area contributed by atoms with Crippen molar-refractivity contribution in [1.29, 1.82) is 0 Å².